The van der Waals surface area contributed by atoms with Crippen molar-refractivity contribution in [3.63, 3.8) is 0 Å². The van der Waals surface area contributed by atoms with E-state index in [-0.39, 0.29) is 29.3 Å². The van der Waals surface area contributed by atoms with E-state index in [0.29, 0.717) is 31.1 Å². The standard InChI is InChI=1S/C18H31N3O3S.ClH/c1-6-21(7-2)25(23,24)16-9-8-14(5)17(11-16)18(22)20-15(12-19)10-13(3)4;/h8-9,11,13,15H,6-7,10,12,19H2,1-5H3,(H,20,22);1H. The van der Waals surface area contributed by atoms with Crippen molar-refractivity contribution in [3.8, 4) is 0 Å². The topological polar surface area (TPSA) is 92.5 Å². The van der Waals surface area contributed by atoms with Crippen LogP contribution in [0.3, 0.4) is 0 Å². The monoisotopic (exact) mass is 405 g/mol. The van der Waals surface area contributed by atoms with Crippen LogP contribution in [0.2, 0.25) is 0 Å². The van der Waals surface area contributed by atoms with Crippen LogP contribution in [-0.2, 0) is 10.0 Å². The summed E-state index contributed by atoms with van der Waals surface area (Å²) in [5, 5.41) is 2.92. The Morgan fingerprint density at radius 1 is 1.23 bits per heavy atom. The van der Waals surface area contributed by atoms with Gasteiger partial charge in [0.15, 0.2) is 0 Å². The van der Waals surface area contributed by atoms with Crippen molar-refractivity contribution < 1.29 is 13.2 Å². The number of aryl methyl sites for hydroxylation is 1. The fraction of sp³-hybridized carbons (Fsp3) is 0.611. The van der Waals surface area contributed by atoms with E-state index in [1.165, 1.54) is 10.4 Å². The average molecular weight is 406 g/mol. The molecule has 1 unspecified atom stereocenters. The molecule has 1 rings (SSSR count). The molecule has 1 amide bonds. The highest BCUT2D eigenvalue weighted by molar-refractivity contribution is 7.89. The molecule has 1 aromatic carbocycles. The first-order valence-corrected chi connectivity index (χ1v) is 10.2. The molecule has 26 heavy (non-hydrogen) atoms. The van der Waals surface area contributed by atoms with Gasteiger partial charge in [0.1, 0.15) is 0 Å². The molecule has 6 nitrogen and oxygen atoms in total. The van der Waals surface area contributed by atoms with Gasteiger partial charge in [-0.25, -0.2) is 8.42 Å². The molecule has 0 bridgehead atoms. The molecule has 0 saturated carbocycles. The number of sulfonamides is 1. The lowest BCUT2D eigenvalue weighted by atomic mass is 10.0. The van der Waals surface area contributed by atoms with Crippen LogP contribution in [-0.4, -0.2) is 44.3 Å². The molecular weight excluding hydrogens is 374 g/mol. The molecule has 0 radical (unpaired) electrons. The first-order chi connectivity index (χ1) is 11.7. The summed E-state index contributed by atoms with van der Waals surface area (Å²) in [6, 6.07) is 4.55. The lowest BCUT2D eigenvalue weighted by molar-refractivity contribution is 0.0933. The zero-order valence-corrected chi connectivity index (χ0v) is 17.9. The fourth-order valence-corrected chi connectivity index (χ4v) is 4.25. The molecule has 0 fully saturated rings. The van der Waals surface area contributed by atoms with Gasteiger partial charge in [-0.15, -0.1) is 12.4 Å². The zero-order valence-electron chi connectivity index (χ0n) is 16.3. The molecule has 8 heteroatoms. The Labute approximate surface area is 164 Å². The number of benzene rings is 1. The van der Waals surface area contributed by atoms with Crippen molar-refractivity contribution in [2.24, 2.45) is 11.7 Å². The van der Waals surface area contributed by atoms with Crippen LogP contribution in [0.1, 0.15) is 50.0 Å². The summed E-state index contributed by atoms with van der Waals surface area (Å²) < 4.78 is 26.7. The lowest BCUT2D eigenvalue weighted by Crippen LogP contribution is -2.41. The van der Waals surface area contributed by atoms with E-state index in [2.05, 4.69) is 19.2 Å². The molecule has 1 atom stereocenters. The van der Waals surface area contributed by atoms with Gasteiger partial charge in [-0.3, -0.25) is 4.79 Å². The van der Waals surface area contributed by atoms with Crippen molar-refractivity contribution in [3.05, 3.63) is 29.3 Å². The van der Waals surface area contributed by atoms with Gasteiger partial charge in [-0.1, -0.05) is 33.8 Å². The number of carbonyl (C=O) groups excluding carboxylic acids is 1. The van der Waals surface area contributed by atoms with Crippen LogP contribution in [0.4, 0.5) is 0 Å². The summed E-state index contributed by atoms with van der Waals surface area (Å²) in [6.45, 7) is 10.6. The second-order valence-electron chi connectivity index (χ2n) is 6.60. The minimum absolute atomic E-state index is 0. The normalized spacial score (nSPS) is 12.8. The van der Waals surface area contributed by atoms with Crippen molar-refractivity contribution >= 4 is 28.3 Å². The predicted molar refractivity (Wildman–Crippen MR) is 108 cm³/mol. The summed E-state index contributed by atoms with van der Waals surface area (Å²) in [4.78, 5) is 12.8. The van der Waals surface area contributed by atoms with Crippen LogP contribution in [0.5, 0.6) is 0 Å². The molecule has 0 aliphatic rings. The third-order valence-corrected chi connectivity index (χ3v) is 6.22. The van der Waals surface area contributed by atoms with Crippen LogP contribution in [0.25, 0.3) is 0 Å². The van der Waals surface area contributed by atoms with E-state index in [4.69, 9.17) is 5.73 Å². The van der Waals surface area contributed by atoms with Gasteiger partial charge < -0.3 is 11.1 Å². The molecule has 3 N–H and O–H groups in total. The van der Waals surface area contributed by atoms with Gasteiger partial charge >= 0.3 is 0 Å². The van der Waals surface area contributed by atoms with Crippen molar-refractivity contribution in [2.45, 2.75) is 52.0 Å². The first kappa shape index (κ1) is 24.8. The Kier molecular flexibility index (Phi) is 10.4. The maximum Gasteiger partial charge on any atom is 0.251 e. The number of hydrogen-bond donors (Lipinski definition) is 2. The number of rotatable bonds is 9. The van der Waals surface area contributed by atoms with Gasteiger partial charge in [-0.2, -0.15) is 4.31 Å². The van der Waals surface area contributed by atoms with Crippen molar-refractivity contribution in [1.29, 1.82) is 0 Å². The summed E-state index contributed by atoms with van der Waals surface area (Å²) in [7, 11) is -3.60. The van der Waals surface area contributed by atoms with Gasteiger partial charge in [0.05, 0.1) is 4.90 Å². The maximum absolute atomic E-state index is 12.7. The lowest BCUT2D eigenvalue weighted by Gasteiger charge is -2.21. The maximum atomic E-state index is 12.7. The van der Waals surface area contributed by atoms with E-state index in [0.717, 1.165) is 12.0 Å². The fourth-order valence-electron chi connectivity index (χ4n) is 2.77. The van der Waals surface area contributed by atoms with Crippen LogP contribution < -0.4 is 11.1 Å². The molecule has 0 aliphatic carbocycles. The third-order valence-electron chi connectivity index (χ3n) is 4.17. The molecule has 0 saturated heterocycles. The highest BCUT2D eigenvalue weighted by atomic mass is 35.5. The van der Waals surface area contributed by atoms with Gasteiger partial charge in [0.25, 0.3) is 5.91 Å². The van der Waals surface area contributed by atoms with Crippen LogP contribution in [0.15, 0.2) is 23.1 Å². The number of nitrogens with one attached hydrogen (secondary N) is 1. The van der Waals surface area contributed by atoms with Gasteiger partial charge in [-0.05, 0) is 37.0 Å². The highest BCUT2D eigenvalue weighted by Gasteiger charge is 2.24. The van der Waals surface area contributed by atoms with Crippen molar-refractivity contribution in [2.75, 3.05) is 19.6 Å². The Morgan fingerprint density at radius 3 is 2.27 bits per heavy atom. The van der Waals surface area contributed by atoms with Gasteiger partial charge in [0, 0.05) is 31.2 Å². The molecule has 0 spiro atoms. The third kappa shape index (κ3) is 6.23. The van der Waals surface area contributed by atoms with E-state index in [1.54, 1.807) is 32.9 Å². The van der Waals surface area contributed by atoms with Crippen molar-refractivity contribution in [1.82, 2.24) is 9.62 Å². The number of nitrogens with two attached hydrogens (primary N) is 1. The summed E-state index contributed by atoms with van der Waals surface area (Å²) >= 11 is 0. The number of carbonyl (C=O) groups is 1. The Bertz CT molecular complexity index is 689. The quantitative estimate of drug-likeness (QED) is 0.660. The Hall–Kier alpha value is -1.15. The minimum Gasteiger partial charge on any atom is -0.348 e. The molecule has 0 aromatic heterocycles. The van der Waals surface area contributed by atoms with E-state index in [9.17, 15) is 13.2 Å². The minimum atomic E-state index is -3.60. The molecule has 150 valence electrons. The van der Waals surface area contributed by atoms with Gasteiger partial charge in [0.2, 0.25) is 10.0 Å². The predicted octanol–water partition coefficient (Wildman–Crippen LogP) is 2.55. The SMILES string of the molecule is CCN(CC)S(=O)(=O)c1ccc(C)c(C(=O)NC(CN)CC(C)C)c1.Cl. The second-order valence-corrected chi connectivity index (χ2v) is 8.54. The number of nitrogens with zero attached hydrogens (tertiary/aromatic N) is 1. The van der Waals surface area contributed by atoms with Crippen LogP contribution in [0, 0.1) is 12.8 Å². The average Bonchev–Trinajstić information content (AvgIpc) is 2.54. The second kappa shape index (κ2) is 10.9. The number of halogens is 1. The highest BCUT2D eigenvalue weighted by Crippen LogP contribution is 2.20. The van der Waals surface area contributed by atoms with Crippen LogP contribution >= 0.6 is 12.4 Å². The van der Waals surface area contributed by atoms with E-state index in [1.807, 2.05) is 0 Å². The molecule has 0 aliphatic heterocycles. The number of hydrogen-bond acceptors (Lipinski definition) is 4. The first-order valence-electron chi connectivity index (χ1n) is 8.79. The summed E-state index contributed by atoms with van der Waals surface area (Å²) in [5.41, 5.74) is 6.85. The summed E-state index contributed by atoms with van der Waals surface area (Å²) in [6.07, 6.45) is 0.777. The van der Waals surface area contributed by atoms with E-state index >= 15 is 0 Å². The largest absolute Gasteiger partial charge is 0.348 e. The number of amides is 1. The summed E-state index contributed by atoms with van der Waals surface area (Å²) in [5.74, 6) is 0.120. The molecule has 1 aromatic rings. The zero-order chi connectivity index (χ0) is 19.2. The Balaban J connectivity index is 0.00000625. The van der Waals surface area contributed by atoms with E-state index < -0.39 is 10.0 Å². The smallest absolute Gasteiger partial charge is 0.251 e. The molecular formula is C18H32ClN3O3S. The molecule has 0 heterocycles. The Morgan fingerprint density at radius 2 is 1.81 bits per heavy atom.